The third-order valence-electron chi connectivity index (χ3n) is 5.53. The first-order valence-corrected chi connectivity index (χ1v) is 11.5. The average Bonchev–Trinajstić information content (AvgIpc) is 3.03. The quantitative estimate of drug-likeness (QED) is 0.592. The molecule has 4 rings (SSSR count). The van der Waals surface area contributed by atoms with Crippen molar-refractivity contribution in [2.45, 2.75) is 18.7 Å². The molecule has 0 saturated carbocycles. The van der Waals surface area contributed by atoms with E-state index < -0.39 is 11.2 Å². The summed E-state index contributed by atoms with van der Waals surface area (Å²) in [5, 5.41) is 11.0. The Labute approximate surface area is 180 Å². The molecule has 3 heterocycles. The Hall–Kier alpha value is -2.55. The Morgan fingerprint density at radius 2 is 1.83 bits per heavy atom. The minimum absolute atomic E-state index is 0.356. The predicted molar refractivity (Wildman–Crippen MR) is 122 cm³/mol. The summed E-state index contributed by atoms with van der Waals surface area (Å²) >= 11 is -1.14. The standard InChI is InChI=1S/C22H28N6OS/c1-16-22(17(2)27(3)26-16)25-15-30(29)20-6-4-18(5-7-20)19-8-9-24-21(14-19)28-12-10-23-11-13-28/h4-9,14,23,25H,10-13,15H2,1-3H3. The van der Waals surface area contributed by atoms with Gasteiger partial charge in [-0.2, -0.15) is 5.10 Å². The van der Waals surface area contributed by atoms with E-state index in [4.69, 9.17) is 0 Å². The molecule has 3 aromatic rings. The van der Waals surface area contributed by atoms with Crippen molar-refractivity contribution in [2.75, 3.05) is 42.3 Å². The average molecular weight is 425 g/mol. The summed E-state index contributed by atoms with van der Waals surface area (Å²) in [6.45, 7) is 7.87. The molecule has 1 aliphatic rings. The van der Waals surface area contributed by atoms with Gasteiger partial charge in [-0.3, -0.25) is 4.68 Å². The molecule has 1 unspecified atom stereocenters. The number of benzene rings is 1. The fourth-order valence-corrected chi connectivity index (χ4v) is 4.60. The second kappa shape index (κ2) is 9.07. The lowest BCUT2D eigenvalue weighted by atomic mass is 10.1. The van der Waals surface area contributed by atoms with Gasteiger partial charge in [-0.1, -0.05) is 0 Å². The van der Waals surface area contributed by atoms with E-state index in [0.717, 1.165) is 65.1 Å². The van der Waals surface area contributed by atoms with Gasteiger partial charge in [0.15, 0.2) is 10.8 Å². The second-order valence-corrected chi connectivity index (χ2v) is 8.95. The van der Waals surface area contributed by atoms with E-state index in [9.17, 15) is 4.55 Å². The van der Waals surface area contributed by atoms with Crippen LogP contribution in [0.15, 0.2) is 47.5 Å². The predicted octanol–water partition coefficient (Wildman–Crippen LogP) is 2.69. The molecular weight excluding hydrogens is 396 g/mol. The highest BCUT2D eigenvalue weighted by Crippen LogP contribution is 2.25. The van der Waals surface area contributed by atoms with Crippen molar-refractivity contribution in [1.82, 2.24) is 20.1 Å². The van der Waals surface area contributed by atoms with E-state index in [1.807, 2.05) is 62.1 Å². The van der Waals surface area contributed by atoms with Crippen LogP contribution in [0.25, 0.3) is 11.1 Å². The Morgan fingerprint density at radius 3 is 2.50 bits per heavy atom. The molecule has 1 saturated heterocycles. The maximum Gasteiger partial charge on any atom is 0.181 e. The molecule has 2 aromatic heterocycles. The summed E-state index contributed by atoms with van der Waals surface area (Å²) in [5.41, 5.74) is 5.13. The lowest BCUT2D eigenvalue weighted by molar-refractivity contribution is 0.585. The molecule has 1 aromatic carbocycles. The van der Waals surface area contributed by atoms with Crippen LogP contribution in [-0.2, 0) is 18.2 Å². The molecule has 0 aliphatic carbocycles. The smallest absolute Gasteiger partial charge is 0.181 e. The second-order valence-electron chi connectivity index (χ2n) is 7.50. The highest BCUT2D eigenvalue weighted by Gasteiger charge is 2.16. The highest BCUT2D eigenvalue weighted by atomic mass is 32.2. The molecular formula is C22H28N6OS. The largest absolute Gasteiger partial charge is 0.610 e. The summed E-state index contributed by atoms with van der Waals surface area (Å²) in [5.74, 6) is 1.36. The van der Waals surface area contributed by atoms with Gasteiger partial charge < -0.3 is 20.1 Å². The van der Waals surface area contributed by atoms with Gasteiger partial charge in [-0.05, 0) is 61.4 Å². The number of hydrogen-bond acceptors (Lipinski definition) is 6. The van der Waals surface area contributed by atoms with Crippen molar-refractivity contribution in [3.63, 3.8) is 0 Å². The fourth-order valence-electron chi connectivity index (χ4n) is 3.71. The number of nitrogens with one attached hydrogen (secondary N) is 2. The first-order valence-electron chi connectivity index (χ1n) is 10.2. The van der Waals surface area contributed by atoms with Crippen LogP contribution in [0, 0.1) is 13.8 Å². The van der Waals surface area contributed by atoms with Crippen LogP contribution < -0.4 is 15.5 Å². The number of aromatic nitrogens is 3. The third-order valence-corrected chi connectivity index (χ3v) is 6.73. The summed E-state index contributed by atoms with van der Waals surface area (Å²) in [7, 11) is 1.91. The van der Waals surface area contributed by atoms with Crippen LogP contribution in [0.3, 0.4) is 0 Å². The van der Waals surface area contributed by atoms with Crippen LogP contribution in [0.5, 0.6) is 0 Å². The van der Waals surface area contributed by atoms with E-state index in [0.29, 0.717) is 5.88 Å². The van der Waals surface area contributed by atoms with Crippen molar-refractivity contribution in [2.24, 2.45) is 7.05 Å². The Balaban J connectivity index is 1.43. The first kappa shape index (κ1) is 20.7. The molecule has 7 nitrogen and oxygen atoms in total. The molecule has 0 amide bonds. The van der Waals surface area contributed by atoms with Crippen molar-refractivity contribution in [1.29, 1.82) is 0 Å². The van der Waals surface area contributed by atoms with Crippen LogP contribution in [-0.4, -0.2) is 51.4 Å². The fraction of sp³-hybridized carbons (Fsp3) is 0.364. The highest BCUT2D eigenvalue weighted by molar-refractivity contribution is 7.91. The van der Waals surface area contributed by atoms with Gasteiger partial charge in [0.1, 0.15) is 5.82 Å². The monoisotopic (exact) mass is 424 g/mol. The Kier molecular flexibility index (Phi) is 6.26. The number of pyridine rings is 1. The summed E-state index contributed by atoms with van der Waals surface area (Å²) in [6.07, 6.45) is 1.86. The van der Waals surface area contributed by atoms with E-state index in [2.05, 4.69) is 31.7 Å². The van der Waals surface area contributed by atoms with Crippen molar-refractivity contribution in [3.8, 4) is 11.1 Å². The maximum absolute atomic E-state index is 12.8. The summed E-state index contributed by atoms with van der Waals surface area (Å²) in [4.78, 5) is 7.65. The van der Waals surface area contributed by atoms with Crippen molar-refractivity contribution < 1.29 is 4.55 Å². The molecule has 1 atom stereocenters. The van der Waals surface area contributed by atoms with Crippen molar-refractivity contribution >= 4 is 22.7 Å². The SMILES string of the molecule is Cc1nn(C)c(C)c1NC[S+]([O-])c1ccc(-c2ccnc(N3CCNCC3)c2)cc1. The number of piperazine rings is 1. The normalized spacial score (nSPS) is 15.3. The number of nitrogens with zero attached hydrogens (tertiary/aromatic N) is 4. The molecule has 2 N–H and O–H groups in total. The number of hydrogen-bond donors (Lipinski definition) is 2. The number of aryl methyl sites for hydroxylation is 2. The van der Waals surface area contributed by atoms with Crippen LogP contribution >= 0.6 is 0 Å². The topological polar surface area (TPSA) is 81.1 Å². The summed E-state index contributed by atoms with van der Waals surface area (Å²) < 4.78 is 14.6. The molecule has 1 fully saturated rings. The lowest BCUT2D eigenvalue weighted by Crippen LogP contribution is -2.43. The Morgan fingerprint density at radius 1 is 1.10 bits per heavy atom. The molecule has 0 radical (unpaired) electrons. The van der Waals surface area contributed by atoms with E-state index in [1.165, 1.54) is 0 Å². The molecule has 158 valence electrons. The number of anilines is 2. The number of rotatable bonds is 6. The molecule has 1 aliphatic heterocycles. The Bertz CT molecular complexity index is 997. The van der Waals surface area contributed by atoms with Gasteiger partial charge in [0.2, 0.25) is 0 Å². The minimum Gasteiger partial charge on any atom is -0.610 e. The zero-order valence-corrected chi connectivity index (χ0v) is 18.5. The van der Waals surface area contributed by atoms with Gasteiger partial charge in [0, 0.05) is 50.6 Å². The van der Waals surface area contributed by atoms with Crippen LogP contribution in [0.1, 0.15) is 11.4 Å². The van der Waals surface area contributed by atoms with Crippen LogP contribution in [0.2, 0.25) is 0 Å². The third kappa shape index (κ3) is 4.45. The van der Waals surface area contributed by atoms with Gasteiger partial charge in [0.25, 0.3) is 0 Å². The van der Waals surface area contributed by atoms with E-state index in [-0.39, 0.29) is 0 Å². The lowest BCUT2D eigenvalue weighted by Gasteiger charge is -2.28. The zero-order chi connectivity index (χ0) is 21.1. The molecule has 8 heteroatoms. The van der Waals surface area contributed by atoms with E-state index >= 15 is 0 Å². The molecule has 0 bridgehead atoms. The first-order chi connectivity index (χ1) is 14.5. The maximum atomic E-state index is 12.8. The van der Waals surface area contributed by atoms with Gasteiger partial charge in [-0.25, -0.2) is 4.98 Å². The van der Waals surface area contributed by atoms with Gasteiger partial charge in [0.05, 0.1) is 17.1 Å². The van der Waals surface area contributed by atoms with Crippen molar-refractivity contribution in [3.05, 3.63) is 54.0 Å². The van der Waals surface area contributed by atoms with Gasteiger partial charge >= 0.3 is 0 Å². The molecule has 30 heavy (non-hydrogen) atoms. The van der Waals surface area contributed by atoms with Crippen LogP contribution in [0.4, 0.5) is 11.5 Å². The minimum atomic E-state index is -1.14. The molecule has 0 spiro atoms. The van der Waals surface area contributed by atoms with E-state index in [1.54, 1.807) is 0 Å². The summed E-state index contributed by atoms with van der Waals surface area (Å²) in [6, 6.07) is 12.1. The van der Waals surface area contributed by atoms with Gasteiger partial charge in [-0.15, -0.1) is 0 Å². The zero-order valence-electron chi connectivity index (χ0n) is 17.7.